The molecule has 0 bridgehead atoms. The SMILES string of the molecule is Cc1nnc(C2CN(Cc3cccc(C)c3C(F)(F)F)CCO2)o1. The van der Waals surface area contributed by atoms with E-state index in [0.717, 1.165) is 0 Å². The largest absolute Gasteiger partial charge is 0.423 e. The minimum atomic E-state index is -4.37. The minimum absolute atomic E-state index is 0.198. The quantitative estimate of drug-likeness (QED) is 0.858. The summed E-state index contributed by atoms with van der Waals surface area (Å²) < 4.78 is 51.0. The van der Waals surface area contributed by atoms with Gasteiger partial charge >= 0.3 is 6.18 Å². The zero-order chi connectivity index (χ0) is 17.3. The highest BCUT2D eigenvalue weighted by Crippen LogP contribution is 2.35. The fourth-order valence-corrected chi connectivity index (χ4v) is 2.94. The summed E-state index contributed by atoms with van der Waals surface area (Å²) >= 11 is 0. The van der Waals surface area contributed by atoms with Crippen molar-refractivity contribution in [3.8, 4) is 0 Å². The maximum Gasteiger partial charge on any atom is 0.416 e. The van der Waals surface area contributed by atoms with Crippen LogP contribution in [0, 0.1) is 13.8 Å². The van der Waals surface area contributed by atoms with Gasteiger partial charge in [0.05, 0.1) is 12.2 Å². The van der Waals surface area contributed by atoms with Crippen molar-refractivity contribution in [2.24, 2.45) is 0 Å². The maximum absolute atomic E-state index is 13.3. The standard InChI is InChI=1S/C16H18F3N3O2/c1-10-4-3-5-12(14(10)16(17,18)19)8-22-6-7-23-13(9-22)15-21-20-11(2)24-15/h3-5,13H,6-9H2,1-2H3. The van der Waals surface area contributed by atoms with Gasteiger partial charge in [0, 0.05) is 26.6 Å². The molecule has 0 amide bonds. The lowest BCUT2D eigenvalue weighted by atomic mass is 10.0. The highest BCUT2D eigenvalue weighted by molar-refractivity contribution is 5.36. The highest BCUT2D eigenvalue weighted by atomic mass is 19.4. The molecular formula is C16H18F3N3O2. The molecule has 1 aromatic heterocycles. The predicted octanol–water partition coefficient (Wildman–Crippen LogP) is 3.28. The van der Waals surface area contributed by atoms with E-state index in [1.165, 1.54) is 19.1 Å². The fourth-order valence-electron chi connectivity index (χ4n) is 2.94. The molecule has 1 fully saturated rings. The Morgan fingerprint density at radius 1 is 1.25 bits per heavy atom. The number of hydrogen-bond acceptors (Lipinski definition) is 5. The van der Waals surface area contributed by atoms with E-state index in [-0.39, 0.29) is 17.7 Å². The van der Waals surface area contributed by atoms with Crippen LogP contribution in [0.3, 0.4) is 0 Å². The average molecular weight is 341 g/mol. The molecule has 1 atom stereocenters. The number of aromatic nitrogens is 2. The summed E-state index contributed by atoms with van der Waals surface area (Å²) in [7, 11) is 0. The molecule has 24 heavy (non-hydrogen) atoms. The van der Waals surface area contributed by atoms with E-state index >= 15 is 0 Å². The Morgan fingerprint density at radius 3 is 2.71 bits per heavy atom. The Labute approximate surface area is 137 Å². The van der Waals surface area contributed by atoms with Crippen molar-refractivity contribution in [3.63, 3.8) is 0 Å². The van der Waals surface area contributed by atoms with Gasteiger partial charge < -0.3 is 9.15 Å². The fraction of sp³-hybridized carbons (Fsp3) is 0.500. The molecule has 0 saturated carbocycles. The second kappa shape index (κ2) is 6.52. The van der Waals surface area contributed by atoms with E-state index in [1.54, 1.807) is 13.0 Å². The molecule has 0 N–H and O–H groups in total. The normalized spacial score (nSPS) is 19.6. The summed E-state index contributed by atoms with van der Waals surface area (Å²) in [6.07, 6.45) is -4.78. The molecule has 8 heteroatoms. The van der Waals surface area contributed by atoms with Gasteiger partial charge in [-0.2, -0.15) is 13.2 Å². The maximum atomic E-state index is 13.3. The van der Waals surface area contributed by atoms with Gasteiger partial charge in [-0.25, -0.2) is 0 Å². The Bertz CT molecular complexity index is 715. The van der Waals surface area contributed by atoms with Crippen molar-refractivity contribution >= 4 is 0 Å². The van der Waals surface area contributed by atoms with Crippen molar-refractivity contribution in [2.45, 2.75) is 32.7 Å². The van der Waals surface area contributed by atoms with Crippen LogP contribution in [0.2, 0.25) is 0 Å². The highest BCUT2D eigenvalue weighted by Gasteiger charge is 2.36. The third-order valence-electron chi connectivity index (χ3n) is 4.00. The zero-order valence-corrected chi connectivity index (χ0v) is 13.4. The lowest BCUT2D eigenvalue weighted by Gasteiger charge is -2.32. The third-order valence-corrected chi connectivity index (χ3v) is 4.00. The average Bonchev–Trinajstić information content (AvgIpc) is 2.93. The first kappa shape index (κ1) is 16.9. The Kier molecular flexibility index (Phi) is 4.60. The van der Waals surface area contributed by atoms with Crippen LogP contribution in [0.5, 0.6) is 0 Å². The molecule has 1 aromatic carbocycles. The van der Waals surface area contributed by atoms with Crippen molar-refractivity contribution < 1.29 is 22.3 Å². The molecule has 1 aliphatic heterocycles. The van der Waals surface area contributed by atoms with Gasteiger partial charge in [-0.15, -0.1) is 10.2 Å². The van der Waals surface area contributed by atoms with Gasteiger partial charge in [0.2, 0.25) is 11.8 Å². The lowest BCUT2D eigenvalue weighted by molar-refractivity contribution is -0.139. The van der Waals surface area contributed by atoms with E-state index in [4.69, 9.17) is 9.15 Å². The van der Waals surface area contributed by atoms with E-state index in [9.17, 15) is 13.2 Å². The van der Waals surface area contributed by atoms with Gasteiger partial charge in [-0.1, -0.05) is 18.2 Å². The molecule has 130 valence electrons. The number of ether oxygens (including phenoxy) is 1. The van der Waals surface area contributed by atoms with Crippen molar-refractivity contribution in [3.05, 3.63) is 46.7 Å². The Morgan fingerprint density at radius 2 is 2.04 bits per heavy atom. The molecule has 1 unspecified atom stereocenters. The second-order valence-corrected chi connectivity index (χ2v) is 5.86. The van der Waals surface area contributed by atoms with E-state index in [1.807, 2.05) is 4.90 Å². The number of morpholine rings is 1. The van der Waals surface area contributed by atoms with Crippen molar-refractivity contribution in [2.75, 3.05) is 19.7 Å². The topological polar surface area (TPSA) is 51.4 Å². The predicted molar refractivity (Wildman–Crippen MR) is 79.2 cm³/mol. The van der Waals surface area contributed by atoms with E-state index in [0.29, 0.717) is 31.5 Å². The first-order chi connectivity index (χ1) is 11.3. The number of rotatable bonds is 3. The van der Waals surface area contributed by atoms with Crippen molar-refractivity contribution in [1.82, 2.24) is 15.1 Å². The Hall–Kier alpha value is -1.93. The monoisotopic (exact) mass is 341 g/mol. The van der Waals surface area contributed by atoms with Crippen LogP contribution in [0.4, 0.5) is 13.2 Å². The molecule has 0 aliphatic carbocycles. The molecule has 5 nitrogen and oxygen atoms in total. The summed E-state index contributed by atoms with van der Waals surface area (Å²) in [5.74, 6) is 0.793. The van der Waals surface area contributed by atoms with Crippen LogP contribution in [0.15, 0.2) is 22.6 Å². The van der Waals surface area contributed by atoms with Crippen LogP contribution in [-0.2, 0) is 17.5 Å². The molecule has 3 rings (SSSR count). The van der Waals surface area contributed by atoms with Crippen LogP contribution in [-0.4, -0.2) is 34.8 Å². The summed E-state index contributed by atoms with van der Waals surface area (Å²) in [6, 6.07) is 4.66. The van der Waals surface area contributed by atoms with Gasteiger partial charge in [0.1, 0.15) is 6.10 Å². The van der Waals surface area contributed by atoms with Gasteiger partial charge in [-0.3, -0.25) is 4.90 Å². The molecule has 1 aliphatic rings. The van der Waals surface area contributed by atoms with Crippen LogP contribution >= 0.6 is 0 Å². The summed E-state index contributed by atoms with van der Waals surface area (Å²) in [4.78, 5) is 1.91. The van der Waals surface area contributed by atoms with Gasteiger partial charge in [-0.05, 0) is 18.1 Å². The summed E-state index contributed by atoms with van der Waals surface area (Å²) in [6.45, 7) is 4.72. The molecule has 2 aromatic rings. The van der Waals surface area contributed by atoms with E-state index < -0.39 is 17.8 Å². The second-order valence-electron chi connectivity index (χ2n) is 5.86. The zero-order valence-electron chi connectivity index (χ0n) is 13.4. The third kappa shape index (κ3) is 3.59. The number of halogens is 3. The molecular weight excluding hydrogens is 323 g/mol. The Balaban J connectivity index is 1.78. The first-order valence-electron chi connectivity index (χ1n) is 7.64. The van der Waals surface area contributed by atoms with E-state index in [2.05, 4.69) is 10.2 Å². The van der Waals surface area contributed by atoms with Gasteiger partial charge in [0.25, 0.3) is 0 Å². The molecule has 0 radical (unpaired) electrons. The lowest BCUT2D eigenvalue weighted by Crippen LogP contribution is -2.38. The molecule has 1 saturated heterocycles. The van der Waals surface area contributed by atoms with Crippen LogP contribution < -0.4 is 0 Å². The number of nitrogens with zero attached hydrogens (tertiary/aromatic N) is 3. The van der Waals surface area contributed by atoms with Crippen molar-refractivity contribution in [1.29, 1.82) is 0 Å². The smallest absolute Gasteiger partial charge is 0.416 e. The summed E-state index contributed by atoms with van der Waals surface area (Å²) in [5, 5.41) is 7.70. The number of hydrogen-bond donors (Lipinski definition) is 0. The molecule has 0 spiro atoms. The number of aryl methyl sites for hydroxylation is 2. The van der Waals surface area contributed by atoms with Crippen LogP contribution in [0.1, 0.15) is 34.6 Å². The number of alkyl halides is 3. The van der Waals surface area contributed by atoms with Crippen LogP contribution in [0.25, 0.3) is 0 Å². The first-order valence-corrected chi connectivity index (χ1v) is 7.64. The number of benzene rings is 1. The molecule has 2 heterocycles. The summed E-state index contributed by atoms with van der Waals surface area (Å²) in [5.41, 5.74) is -0.0520. The van der Waals surface area contributed by atoms with Gasteiger partial charge in [0.15, 0.2) is 0 Å². The minimum Gasteiger partial charge on any atom is -0.423 e.